The number of hydrogen-bond acceptors (Lipinski definition) is 4. The Morgan fingerprint density at radius 3 is 2.57 bits per heavy atom. The summed E-state index contributed by atoms with van der Waals surface area (Å²) in [7, 11) is 1.74. The molecule has 1 aromatic carbocycles. The highest BCUT2D eigenvalue weighted by molar-refractivity contribution is 6.09. The third-order valence-electron chi connectivity index (χ3n) is 3.73. The first kappa shape index (κ1) is 13.1. The van der Waals surface area contributed by atoms with Crippen LogP contribution in [0.5, 0.6) is 5.75 Å². The van der Waals surface area contributed by atoms with Crippen LogP contribution in [0.25, 0.3) is 0 Å². The molecule has 0 N–H and O–H groups in total. The fourth-order valence-electron chi connectivity index (χ4n) is 2.55. The van der Waals surface area contributed by atoms with Gasteiger partial charge in [0.05, 0.1) is 28.9 Å². The van der Waals surface area contributed by atoms with Crippen molar-refractivity contribution in [3.63, 3.8) is 0 Å². The molecule has 0 saturated carbocycles. The van der Waals surface area contributed by atoms with Crippen molar-refractivity contribution in [2.45, 2.75) is 12.8 Å². The predicted molar refractivity (Wildman–Crippen MR) is 74.1 cm³/mol. The largest absolute Gasteiger partial charge is 0.424 e. The molecule has 1 aliphatic heterocycles. The minimum Gasteiger partial charge on any atom is -0.424 e. The van der Waals surface area contributed by atoms with Crippen molar-refractivity contribution < 1.29 is 14.3 Å². The van der Waals surface area contributed by atoms with Gasteiger partial charge in [-0.05, 0) is 31.2 Å². The van der Waals surface area contributed by atoms with Crippen molar-refractivity contribution >= 4 is 11.8 Å². The van der Waals surface area contributed by atoms with Gasteiger partial charge in [-0.3, -0.25) is 9.59 Å². The Hall–Kier alpha value is -2.87. The maximum Gasteiger partial charge on any atom is 0.320 e. The number of nitriles is 1. The van der Waals surface area contributed by atoms with Gasteiger partial charge in [0.25, 0.3) is 0 Å². The Morgan fingerprint density at radius 2 is 2.00 bits per heavy atom. The molecule has 104 valence electrons. The quantitative estimate of drug-likeness (QED) is 0.624. The number of benzene rings is 1. The van der Waals surface area contributed by atoms with Crippen LogP contribution in [-0.2, 0) is 11.8 Å². The van der Waals surface area contributed by atoms with Gasteiger partial charge in [0.15, 0.2) is 5.75 Å². The third kappa shape index (κ3) is 1.93. The lowest BCUT2D eigenvalue weighted by Gasteiger charge is -2.07. The molecule has 5 nitrogen and oxygen atoms in total. The summed E-state index contributed by atoms with van der Waals surface area (Å²) in [6.45, 7) is 1.75. The van der Waals surface area contributed by atoms with Gasteiger partial charge >= 0.3 is 5.97 Å². The smallest absolute Gasteiger partial charge is 0.320 e. The summed E-state index contributed by atoms with van der Waals surface area (Å²) in [4.78, 5) is 24.0. The van der Waals surface area contributed by atoms with Crippen molar-refractivity contribution in [1.29, 1.82) is 5.26 Å². The van der Waals surface area contributed by atoms with Crippen LogP contribution in [0, 0.1) is 11.3 Å². The Labute approximate surface area is 121 Å². The van der Waals surface area contributed by atoms with Crippen molar-refractivity contribution in [2.24, 2.45) is 7.05 Å². The minimum atomic E-state index is -0.368. The van der Waals surface area contributed by atoms with Gasteiger partial charge in [0, 0.05) is 18.7 Å². The average Bonchev–Trinajstić information content (AvgIpc) is 2.96. The van der Waals surface area contributed by atoms with E-state index < -0.39 is 0 Å². The summed E-state index contributed by atoms with van der Waals surface area (Å²) in [5, 5.41) is 8.77. The Kier molecular flexibility index (Phi) is 2.88. The van der Waals surface area contributed by atoms with E-state index in [1.54, 1.807) is 48.9 Å². The van der Waals surface area contributed by atoms with E-state index in [1.165, 1.54) is 0 Å². The molecular formula is C16H12N2O3. The first-order valence-corrected chi connectivity index (χ1v) is 6.49. The maximum absolute atomic E-state index is 12.5. The van der Waals surface area contributed by atoms with E-state index in [0.717, 1.165) is 5.69 Å². The normalized spacial score (nSPS) is 16.2. The molecule has 3 rings (SSSR count). The minimum absolute atomic E-state index is 0.167. The Balaban J connectivity index is 2.00. The number of ether oxygens (including phenoxy) is 1. The highest BCUT2D eigenvalue weighted by Crippen LogP contribution is 2.37. The van der Waals surface area contributed by atoms with E-state index >= 15 is 0 Å². The van der Waals surface area contributed by atoms with Crippen molar-refractivity contribution in [1.82, 2.24) is 4.57 Å². The summed E-state index contributed by atoms with van der Waals surface area (Å²) in [5.41, 5.74) is 2.18. The van der Waals surface area contributed by atoms with Gasteiger partial charge in [-0.1, -0.05) is 0 Å². The second-order valence-electron chi connectivity index (χ2n) is 5.00. The second kappa shape index (κ2) is 4.60. The summed E-state index contributed by atoms with van der Waals surface area (Å²) >= 11 is 0. The molecule has 0 radical (unpaired) electrons. The molecule has 0 bridgehead atoms. The Bertz CT molecular complexity index is 794. The van der Waals surface area contributed by atoms with Gasteiger partial charge in [0.2, 0.25) is 5.78 Å². The van der Waals surface area contributed by atoms with Crippen LogP contribution in [0.2, 0.25) is 0 Å². The molecule has 0 aliphatic carbocycles. The topological polar surface area (TPSA) is 72.1 Å². The Morgan fingerprint density at radius 1 is 1.33 bits per heavy atom. The number of hydrogen-bond donors (Lipinski definition) is 0. The number of nitrogens with zero attached hydrogens (tertiary/aromatic N) is 2. The average molecular weight is 280 g/mol. The molecule has 21 heavy (non-hydrogen) atoms. The molecule has 2 heterocycles. The van der Waals surface area contributed by atoms with Crippen molar-refractivity contribution in [3.05, 3.63) is 52.8 Å². The monoisotopic (exact) mass is 280 g/mol. The summed E-state index contributed by atoms with van der Waals surface area (Å²) in [6.07, 6.45) is 0. The lowest BCUT2D eigenvalue weighted by atomic mass is 10.1. The second-order valence-corrected chi connectivity index (χ2v) is 5.00. The van der Waals surface area contributed by atoms with Crippen molar-refractivity contribution in [2.75, 3.05) is 0 Å². The van der Waals surface area contributed by atoms with Gasteiger partial charge < -0.3 is 9.30 Å². The fourth-order valence-corrected chi connectivity index (χ4v) is 2.55. The maximum atomic E-state index is 12.5. The molecule has 1 unspecified atom stereocenters. The van der Waals surface area contributed by atoms with Gasteiger partial charge in [0.1, 0.15) is 0 Å². The van der Waals surface area contributed by atoms with Crippen molar-refractivity contribution in [3.8, 4) is 11.8 Å². The molecule has 0 spiro atoms. The van der Waals surface area contributed by atoms with Crippen LogP contribution < -0.4 is 4.74 Å². The third-order valence-corrected chi connectivity index (χ3v) is 3.73. The van der Waals surface area contributed by atoms with E-state index in [9.17, 15) is 9.59 Å². The zero-order chi connectivity index (χ0) is 15.1. The van der Waals surface area contributed by atoms with Crippen LogP contribution in [0.1, 0.15) is 40.2 Å². The van der Waals surface area contributed by atoms with E-state index in [-0.39, 0.29) is 17.7 Å². The molecule has 1 aromatic heterocycles. The first-order chi connectivity index (χ1) is 10.0. The summed E-state index contributed by atoms with van der Waals surface area (Å²) in [5.74, 6) is -0.382. The molecule has 2 aromatic rings. The number of rotatable bonds is 2. The van der Waals surface area contributed by atoms with E-state index in [2.05, 4.69) is 0 Å². The summed E-state index contributed by atoms with van der Waals surface area (Å²) in [6, 6.07) is 10.1. The van der Waals surface area contributed by atoms with Gasteiger partial charge in [-0.2, -0.15) is 5.26 Å². The molecule has 1 aliphatic rings. The first-order valence-electron chi connectivity index (χ1n) is 6.49. The van der Waals surface area contributed by atoms with E-state index in [4.69, 9.17) is 10.00 Å². The number of carbonyl (C=O) groups is 2. The van der Waals surface area contributed by atoms with Crippen LogP contribution in [0.3, 0.4) is 0 Å². The van der Waals surface area contributed by atoms with Crippen LogP contribution in [0.4, 0.5) is 0 Å². The zero-order valence-corrected chi connectivity index (χ0v) is 11.6. The highest BCUT2D eigenvalue weighted by atomic mass is 16.5. The number of aromatic nitrogens is 1. The fraction of sp³-hybridized carbons (Fsp3) is 0.188. The highest BCUT2D eigenvalue weighted by Gasteiger charge is 2.34. The number of fused-ring (bicyclic) bond motifs is 1. The number of carbonyl (C=O) groups excluding carboxylic acids is 2. The van der Waals surface area contributed by atoms with Gasteiger partial charge in [-0.25, -0.2) is 0 Å². The lowest BCUT2D eigenvalue weighted by Crippen LogP contribution is -2.14. The number of ketones is 1. The van der Waals surface area contributed by atoms with E-state index in [1.807, 2.05) is 6.07 Å². The molecule has 0 amide bonds. The van der Waals surface area contributed by atoms with Crippen LogP contribution in [-0.4, -0.2) is 16.3 Å². The van der Waals surface area contributed by atoms with Crippen LogP contribution >= 0.6 is 0 Å². The lowest BCUT2D eigenvalue weighted by molar-refractivity contribution is -0.133. The molecular weight excluding hydrogens is 268 g/mol. The van der Waals surface area contributed by atoms with Crippen LogP contribution in [0.15, 0.2) is 30.3 Å². The predicted octanol–water partition coefficient (Wildman–Crippen LogP) is 2.15. The molecule has 5 heteroatoms. The summed E-state index contributed by atoms with van der Waals surface area (Å²) < 4.78 is 6.85. The van der Waals surface area contributed by atoms with E-state index in [0.29, 0.717) is 22.6 Å². The molecule has 0 saturated heterocycles. The standard InChI is InChI=1S/C16H12N2O3/c1-9-14-13(21-16(9)20)7-12(18(14)2)15(19)11-5-3-10(8-17)4-6-11/h3-7,9H,1-2H3. The molecule has 0 fully saturated rings. The van der Waals surface area contributed by atoms with Gasteiger partial charge in [-0.15, -0.1) is 0 Å². The SMILES string of the molecule is CC1C(=O)Oc2cc(C(=O)c3ccc(C#N)cc3)n(C)c21. The zero-order valence-electron chi connectivity index (χ0n) is 11.6. The molecule has 1 atom stereocenters. The number of esters is 1.